The van der Waals surface area contributed by atoms with E-state index in [-0.39, 0.29) is 11.9 Å². The molecule has 0 aliphatic rings. The molecule has 0 saturated carbocycles. The summed E-state index contributed by atoms with van der Waals surface area (Å²) < 4.78 is 10.6. The molecule has 1 unspecified atom stereocenters. The number of ether oxygens (including phenoxy) is 2. The Hall–Kier alpha value is -2.12. The number of nitrogens with one attached hydrogen (secondary N) is 1. The topological polar surface area (TPSA) is 86.5 Å². The maximum absolute atomic E-state index is 12.4. The molecule has 24 heavy (non-hydrogen) atoms. The minimum atomic E-state index is -0.198. The first kappa shape index (κ1) is 18.2. The number of nitrogens with zero attached hydrogens (tertiary/aromatic N) is 1. The highest BCUT2D eigenvalue weighted by Gasteiger charge is 2.18. The van der Waals surface area contributed by atoms with Crippen molar-refractivity contribution < 1.29 is 14.3 Å². The van der Waals surface area contributed by atoms with Crippen LogP contribution in [0.25, 0.3) is 0 Å². The van der Waals surface area contributed by atoms with Crippen molar-refractivity contribution in [2.75, 3.05) is 20.8 Å². The SMILES string of the molecule is COc1cc(C)c(C(C)NC(=O)c2csc(CCN)n2)cc1OC. The van der Waals surface area contributed by atoms with Crippen LogP contribution in [0.3, 0.4) is 0 Å². The van der Waals surface area contributed by atoms with Gasteiger partial charge < -0.3 is 20.5 Å². The lowest BCUT2D eigenvalue weighted by atomic mass is 10.0. The normalized spacial score (nSPS) is 11.9. The van der Waals surface area contributed by atoms with E-state index in [1.807, 2.05) is 26.0 Å². The summed E-state index contributed by atoms with van der Waals surface area (Å²) >= 11 is 1.45. The molecule has 130 valence electrons. The van der Waals surface area contributed by atoms with Crippen LogP contribution >= 0.6 is 11.3 Å². The average Bonchev–Trinajstić information content (AvgIpc) is 3.03. The second-order valence-corrected chi connectivity index (χ2v) is 6.37. The Morgan fingerprint density at radius 1 is 1.33 bits per heavy atom. The summed E-state index contributed by atoms with van der Waals surface area (Å²) in [5.74, 6) is 1.11. The van der Waals surface area contributed by atoms with Crippen molar-refractivity contribution in [3.63, 3.8) is 0 Å². The summed E-state index contributed by atoms with van der Waals surface area (Å²) in [6.07, 6.45) is 0.683. The fourth-order valence-electron chi connectivity index (χ4n) is 2.46. The standard InChI is InChI=1S/C17H23N3O3S/c1-10-7-14(22-3)15(23-4)8-12(10)11(2)19-17(21)13-9-24-16(20-13)5-6-18/h7-9,11H,5-6,18H2,1-4H3,(H,19,21). The van der Waals surface area contributed by atoms with Crippen LogP contribution in [-0.2, 0) is 6.42 Å². The number of benzene rings is 1. The molecule has 0 aliphatic carbocycles. The van der Waals surface area contributed by atoms with Crippen molar-refractivity contribution >= 4 is 17.2 Å². The number of amides is 1. The summed E-state index contributed by atoms with van der Waals surface area (Å²) in [4.78, 5) is 16.7. The first-order chi connectivity index (χ1) is 11.5. The summed E-state index contributed by atoms with van der Waals surface area (Å²) in [5.41, 5.74) is 7.93. The zero-order chi connectivity index (χ0) is 17.7. The molecular weight excluding hydrogens is 326 g/mol. The Kier molecular flexibility index (Phi) is 6.16. The second-order valence-electron chi connectivity index (χ2n) is 5.42. The minimum Gasteiger partial charge on any atom is -0.493 e. The Bertz CT molecular complexity index is 715. The molecule has 0 bridgehead atoms. The van der Waals surface area contributed by atoms with Crippen LogP contribution in [0.15, 0.2) is 17.5 Å². The highest BCUT2D eigenvalue weighted by atomic mass is 32.1. The van der Waals surface area contributed by atoms with Crippen molar-refractivity contribution in [1.29, 1.82) is 0 Å². The fraction of sp³-hybridized carbons (Fsp3) is 0.412. The maximum Gasteiger partial charge on any atom is 0.271 e. The number of rotatable bonds is 7. The molecule has 1 heterocycles. The van der Waals surface area contributed by atoms with Gasteiger partial charge in [0.05, 0.1) is 25.3 Å². The van der Waals surface area contributed by atoms with E-state index in [1.54, 1.807) is 19.6 Å². The van der Waals surface area contributed by atoms with Gasteiger partial charge in [-0.05, 0) is 43.7 Å². The van der Waals surface area contributed by atoms with Crippen molar-refractivity contribution in [2.45, 2.75) is 26.3 Å². The van der Waals surface area contributed by atoms with Crippen molar-refractivity contribution in [1.82, 2.24) is 10.3 Å². The van der Waals surface area contributed by atoms with Gasteiger partial charge in [-0.1, -0.05) is 0 Å². The van der Waals surface area contributed by atoms with Gasteiger partial charge in [-0.25, -0.2) is 4.98 Å². The van der Waals surface area contributed by atoms with E-state index in [4.69, 9.17) is 15.2 Å². The van der Waals surface area contributed by atoms with E-state index in [1.165, 1.54) is 11.3 Å². The molecule has 6 nitrogen and oxygen atoms in total. The molecule has 0 fully saturated rings. The van der Waals surface area contributed by atoms with Crippen LogP contribution in [0.1, 0.15) is 39.6 Å². The highest BCUT2D eigenvalue weighted by Crippen LogP contribution is 2.32. The number of nitrogens with two attached hydrogens (primary N) is 1. The van der Waals surface area contributed by atoms with Gasteiger partial charge in [0.2, 0.25) is 0 Å². The van der Waals surface area contributed by atoms with Gasteiger partial charge in [-0.15, -0.1) is 11.3 Å². The molecule has 0 spiro atoms. The lowest BCUT2D eigenvalue weighted by molar-refractivity contribution is 0.0935. The van der Waals surface area contributed by atoms with Crippen LogP contribution in [0.2, 0.25) is 0 Å². The van der Waals surface area contributed by atoms with Crippen LogP contribution in [0.5, 0.6) is 11.5 Å². The van der Waals surface area contributed by atoms with E-state index in [2.05, 4.69) is 10.3 Å². The molecule has 1 amide bonds. The Morgan fingerprint density at radius 2 is 2.00 bits per heavy atom. The average molecular weight is 349 g/mol. The predicted octanol–water partition coefficient (Wildman–Crippen LogP) is 2.46. The molecule has 0 radical (unpaired) electrons. The number of aromatic nitrogens is 1. The van der Waals surface area contributed by atoms with Gasteiger partial charge in [0, 0.05) is 11.8 Å². The number of carbonyl (C=O) groups is 1. The molecule has 0 saturated heterocycles. The Labute approximate surface area is 146 Å². The lowest BCUT2D eigenvalue weighted by Gasteiger charge is -2.18. The van der Waals surface area contributed by atoms with Crippen LogP contribution in [0, 0.1) is 6.92 Å². The summed E-state index contributed by atoms with van der Waals surface area (Å²) in [6.45, 7) is 4.43. The Morgan fingerprint density at radius 3 is 2.62 bits per heavy atom. The van der Waals surface area contributed by atoms with E-state index in [9.17, 15) is 4.79 Å². The third-order valence-electron chi connectivity index (χ3n) is 3.73. The molecule has 7 heteroatoms. The molecule has 1 aromatic heterocycles. The maximum atomic E-state index is 12.4. The third kappa shape index (κ3) is 4.04. The van der Waals surface area contributed by atoms with Crippen LogP contribution in [0.4, 0.5) is 0 Å². The molecule has 3 N–H and O–H groups in total. The van der Waals surface area contributed by atoms with Gasteiger partial charge in [-0.2, -0.15) is 0 Å². The van der Waals surface area contributed by atoms with Crippen molar-refractivity contribution in [3.8, 4) is 11.5 Å². The van der Waals surface area contributed by atoms with Crippen LogP contribution < -0.4 is 20.5 Å². The number of hydrogen-bond acceptors (Lipinski definition) is 6. The quantitative estimate of drug-likeness (QED) is 0.802. The zero-order valence-corrected chi connectivity index (χ0v) is 15.2. The Balaban J connectivity index is 2.16. The predicted molar refractivity (Wildman–Crippen MR) is 95.0 cm³/mol. The lowest BCUT2D eigenvalue weighted by Crippen LogP contribution is -2.27. The summed E-state index contributed by atoms with van der Waals surface area (Å²) in [5, 5.41) is 5.61. The number of methoxy groups -OCH3 is 2. The minimum absolute atomic E-state index is 0.183. The fourth-order valence-corrected chi connectivity index (χ4v) is 3.26. The number of carbonyl (C=O) groups excluding carboxylic acids is 1. The molecule has 2 rings (SSSR count). The second kappa shape index (κ2) is 8.12. The third-order valence-corrected chi connectivity index (χ3v) is 4.64. The monoisotopic (exact) mass is 349 g/mol. The van der Waals surface area contributed by atoms with Crippen molar-refractivity contribution in [2.24, 2.45) is 5.73 Å². The molecule has 0 aliphatic heterocycles. The first-order valence-corrected chi connectivity index (χ1v) is 8.56. The van der Waals surface area contributed by atoms with Gasteiger partial charge in [-0.3, -0.25) is 4.79 Å². The van der Waals surface area contributed by atoms with E-state index in [0.29, 0.717) is 30.2 Å². The molecular formula is C17H23N3O3S. The number of hydrogen-bond donors (Lipinski definition) is 2. The number of thiazole rings is 1. The molecule has 1 atom stereocenters. The summed E-state index contributed by atoms with van der Waals surface area (Å²) in [6, 6.07) is 3.61. The van der Waals surface area contributed by atoms with E-state index >= 15 is 0 Å². The summed E-state index contributed by atoms with van der Waals surface area (Å²) in [7, 11) is 3.19. The first-order valence-electron chi connectivity index (χ1n) is 7.68. The highest BCUT2D eigenvalue weighted by molar-refractivity contribution is 7.09. The van der Waals surface area contributed by atoms with Crippen molar-refractivity contribution in [3.05, 3.63) is 39.3 Å². The number of aryl methyl sites for hydroxylation is 1. The van der Waals surface area contributed by atoms with Gasteiger partial charge in [0.1, 0.15) is 5.69 Å². The van der Waals surface area contributed by atoms with Crippen LogP contribution in [-0.4, -0.2) is 31.7 Å². The van der Waals surface area contributed by atoms with E-state index < -0.39 is 0 Å². The largest absolute Gasteiger partial charge is 0.493 e. The van der Waals surface area contributed by atoms with Gasteiger partial charge in [0.25, 0.3) is 5.91 Å². The zero-order valence-electron chi connectivity index (χ0n) is 14.4. The van der Waals surface area contributed by atoms with E-state index in [0.717, 1.165) is 16.1 Å². The smallest absolute Gasteiger partial charge is 0.271 e. The van der Waals surface area contributed by atoms with Gasteiger partial charge in [0.15, 0.2) is 11.5 Å². The molecule has 1 aromatic carbocycles. The van der Waals surface area contributed by atoms with Gasteiger partial charge >= 0.3 is 0 Å². The molecule has 2 aromatic rings.